The van der Waals surface area contributed by atoms with Crippen LogP contribution in [0.2, 0.25) is 0 Å². The minimum Gasteiger partial charge on any atom is -0.370 e. The first kappa shape index (κ1) is 74.8. The third-order valence-corrected chi connectivity index (χ3v) is 15.8. The van der Waals surface area contributed by atoms with Gasteiger partial charge >= 0.3 is 0 Å². The maximum Gasteiger partial charge on any atom is 0.245 e. The van der Waals surface area contributed by atoms with Crippen molar-refractivity contribution in [1.29, 1.82) is 0 Å². The molecule has 12 atom stereocenters. The summed E-state index contributed by atoms with van der Waals surface area (Å²) < 4.78 is 0. The number of unbranched alkanes of at least 4 members (excludes halogenated alkanes) is 1. The van der Waals surface area contributed by atoms with Crippen LogP contribution >= 0.6 is 11.8 Å². The van der Waals surface area contributed by atoms with Crippen LogP contribution < -0.4 is 81.4 Å². The molecule has 0 unspecified atom stereocenters. The number of fused-ring (bicyclic) bond motifs is 1. The normalized spacial score (nSPS) is 23.8. The highest BCUT2D eigenvalue weighted by atomic mass is 32.2. The number of nitrogens with one attached hydrogen (secondary N) is 12. The Morgan fingerprint density at radius 1 is 0.730 bits per heavy atom. The molecule has 0 aromatic carbocycles. The molecule has 89 heavy (non-hydrogen) atoms. The van der Waals surface area contributed by atoms with Gasteiger partial charge in [-0.25, -0.2) is 4.98 Å². The van der Waals surface area contributed by atoms with Gasteiger partial charge in [-0.05, 0) is 81.8 Å². The number of hydrogen-bond donors (Lipinski definition) is 16. The molecule has 15 amide bonds. The number of rotatable bonds is 25. The van der Waals surface area contributed by atoms with E-state index in [1.807, 2.05) is 0 Å². The van der Waals surface area contributed by atoms with Crippen molar-refractivity contribution >= 4 is 100 Å². The molecule has 3 rings (SSSR count). The topological polar surface area (TPSA) is 524 Å². The zero-order valence-corrected chi connectivity index (χ0v) is 52.1. The third-order valence-electron chi connectivity index (χ3n) is 15.2. The second kappa shape index (κ2) is 38.1. The van der Waals surface area contributed by atoms with E-state index in [4.69, 9.17) is 22.9 Å². The molecule has 2 aliphatic heterocycles. The van der Waals surface area contributed by atoms with Crippen molar-refractivity contribution in [2.24, 2.45) is 34.8 Å². The second-order valence-electron chi connectivity index (χ2n) is 22.1. The van der Waals surface area contributed by atoms with Gasteiger partial charge in [0.15, 0.2) is 0 Å². The van der Waals surface area contributed by atoms with E-state index < -0.39 is 206 Å². The minimum atomic E-state index is -1.84. The summed E-state index contributed by atoms with van der Waals surface area (Å²) in [4.78, 5) is 214. The summed E-state index contributed by atoms with van der Waals surface area (Å²) in [7, 11) is 0. The summed E-state index contributed by atoms with van der Waals surface area (Å²) >= 11 is 1.35. The van der Waals surface area contributed by atoms with E-state index in [1.165, 1.54) is 36.1 Å². The number of H-pyrrole nitrogens is 1. The Kier molecular flexibility index (Phi) is 32.0. The SMILES string of the molecule is CC[C@H](C)[C@H](NC(=O)[C@@H]1CNC(=O)C[C@H](NC(=O)[C@H](CCSC)NC(C)=O)C(=O)N[C@@H]([C@@H](C)CC)C(=O)N[C@@H](CCCCN)C(=O)N2CCC[C@H]2C(=O)N[C@@H](Cc2cnc[nH]2)C(=O)N[C@@H](CCC(N)=O)C(=O)NCC(=O)N[C@@H](CCC(N)=O)C(=O)N1)C(N)=O. The van der Waals surface area contributed by atoms with Crippen molar-refractivity contribution in [2.45, 2.75) is 185 Å². The maximum absolute atomic E-state index is 14.8. The molecule has 2 aliphatic rings. The van der Waals surface area contributed by atoms with Crippen LogP contribution in [-0.2, 0) is 78.3 Å². The molecule has 496 valence electrons. The first-order chi connectivity index (χ1) is 42.1. The molecule has 0 bridgehead atoms. The number of imidazole rings is 1. The van der Waals surface area contributed by atoms with Gasteiger partial charge in [0.05, 0.1) is 19.3 Å². The van der Waals surface area contributed by atoms with Crippen LogP contribution in [0.1, 0.15) is 124 Å². The highest BCUT2D eigenvalue weighted by molar-refractivity contribution is 7.98. The number of aromatic nitrogens is 2. The van der Waals surface area contributed by atoms with Crippen molar-refractivity contribution in [3.05, 3.63) is 18.2 Å². The molecule has 3 heterocycles. The molecule has 1 aromatic rings. The number of carbonyl (C=O) groups excluding carboxylic acids is 15. The van der Waals surface area contributed by atoms with Crippen LogP contribution in [0, 0.1) is 11.8 Å². The molecular formula is C55H90N18O15S. The summed E-state index contributed by atoms with van der Waals surface area (Å²) in [6, 6.07) is -15.1. The van der Waals surface area contributed by atoms with Crippen molar-refractivity contribution < 1.29 is 71.9 Å². The smallest absolute Gasteiger partial charge is 0.245 e. The van der Waals surface area contributed by atoms with Gasteiger partial charge in [0.25, 0.3) is 0 Å². The Morgan fingerprint density at radius 3 is 1.96 bits per heavy atom. The summed E-state index contributed by atoms with van der Waals surface area (Å²) in [6.45, 7) is 6.29. The largest absolute Gasteiger partial charge is 0.370 e. The first-order valence-electron chi connectivity index (χ1n) is 29.7. The zero-order chi connectivity index (χ0) is 66.5. The van der Waals surface area contributed by atoms with E-state index in [1.54, 1.807) is 34.0 Å². The number of amides is 15. The monoisotopic (exact) mass is 1270 g/mol. The summed E-state index contributed by atoms with van der Waals surface area (Å²) in [5, 5.41) is 27.5. The second-order valence-corrected chi connectivity index (χ2v) is 23.1. The molecular weight excluding hydrogens is 1180 g/mol. The van der Waals surface area contributed by atoms with E-state index in [0.29, 0.717) is 37.1 Å². The van der Waals surface area contributed by atoms with Gasteiger partial charge in [0.1, 0.15) is 60.4 Å². The Bertz CT molecular complexity index is 2670. The number of aromatic amines is 1. The van der Waals surface area contributed by atoms with E-state index in [2.05, 4.69) is 68.5 Å². The highest BCUT2D eigenvalue weighted by Gasteiger charge is 2.42. The van der Waals surface area contributed by atoms with Crippen LogP contribution in [0.15, 0.2) is 12.5 Å². The molecule has 34 heteroatoms. The van der Waals surface area contributed by atoms with E-state index in [0.717, 1.165) is 0 Å². The lowest BCUT2D eigenvalue weighted by Crippen LogP contribution is -2.61. The predicted octanol–water partition coefficient (Wildman–Crippen LogP) is -6.05. The average molecular weight is 1280 g/mol. The van der Waals surface area contributed by atoms with Gasteiger partial charge in [-0.15, -0.1) is 0 Å². The van der Waals surface area contributed by atoms with E-state index in [9.17, 15) is 71.9 Å². The van der Waals surface area contributed by atoms with Gasteiger partial charge in [-0.2, -0.15) is 11.8 Å². The van der Waals surface area contributed by atoms with Crippen LogP contribution in [0.3, 0.4) is 0 Å². The zero-order valence-electron chi connectivity index (χ0n) is 51.3. The fourth-order valence-electron chi connectivity index (χ4n) is 9.65. The Hall–Kier alpha value is -8.43. The van der Waals surface area contributed by atoms with Crippen molar-refractivity contribution in [3.8, 4) is 0 Å². The lowest BCUT2D eigenvalue weighted by molar-refractivity contribution is -0.143. The fraction of sp³-hybridized carbons (Fsp3) is 0.673. The molecule has 0 spiro atoms. The average Bonchev–Trinajstić information content (AvgIpc) is 3.39. The van der Waals surface area contributed by atoms with Crippen LogP contribution in [0.4, 0.5) is 0 Å². The van der Waals surface area contributed by atoms with Gasteiger partial charge in [0.2, 0.25) is 88.6 Å². The number of nitrogens with two attached hydrogens (primary N) is 4. The van der Waals surface area contributed by atoms with Crippen molar-refractivity contribution in [2.75, 3.05) is 38.2 Å². The Balaban J connectivity index is 2.29. The third kappa shape index (κ3) is 25.3. The number of primary amides is 3. The standard InChI is InChI=1S/C55H90N18O15S/c1-7-28(3)44(46(59)79)71-52(85)38-25-61-42(77)23-37(68-49(82)34(18-21-89-6)64-30(5)74)51(84)72-45(29(4)8-2)54(87)67-35(12-9-10-19-56)55(88)73-20-11-13-39(73)53(86)69-36(22-31-24-60-27-63-31)50(83)66-32(14-16-40(57)75)47(80)62-26-43(78)65-33(48(81)70-38)15-17-41(58)76/h24,27-29,32-39,44-45H,7-23,25-26,56H2,1-6H3,(H2,57,75)(H2,58,76)(H2,59,79)(H,60,63)(H,61,77)(H,62,80)(H,64,74)(H,65,78)(H,66,83)(H,67,87)(H,68,82)(H,69,86)(H,70,81)(H,71,85)(H,72,84)/t28-,29-,32-,33-,34-,35-,36-,37-,38-,39-,44-,45-/m0/s1. The number of carbonyl (C=O) groups is 15. The van der Waals surface area contributed by atoms with Gasteiger partial charge < -0.3 is 91.3 Å². The number of thioether (sulfide) groups is 1. The van der Waals surface area contributed by atoms with Gasteiger partial charge in [0, 0.05) is 51.2 Å². The van der Waals surface area contributed by atoms with Crippen molar-refractivity contribution in [3.63, 3.8) is 0 Å². The van der Waals surface area contributed by atoms with E-state index >= 15 is 0 Å². The summed E-state index contributed by atoms with van der Waals surface area (Å²) in [5.74, 6) is -15.1. The molecule has 0 aliphatic carbocycles. The van der Waals surface area contributed by atoms with Crippen LogP contribution in [0.5, 0.6) is 0 Å². The number of nitrogens with zero attached hydrogens (tertiary/aromatic N) is 2. The molecule has 2 saturated heterocycles. The van der Waals surface area contributed by atoms with Gasteiger partial charge in [-0.3, -0.25) is 71.9 Å². The molecule has 33 nitrogen and oxygen atoms in total. The fourth-order valence-corrected chi connectivity index (χ4v) is 10.1. The van der Waals surface area contributed by atoms with Crippen LogP contribution in [0.25, 0.3) is 0 Å². The summed E-state index contributed by atoms with van der Waals surface area (Å²) in [6.07, 6.45) is 3.08. The quantitative estimate of drug-likeness (QED) is 0.0405. The maximum atomic E-state index is 14.8. The summed E-state index contributed by atoms with van der Waals surface area (Å²) in [5.41, 5.74) is 22.7. The molecule has 2 fully saturated rings. The highest BCUT2D eigenvalue weighted by Crippen LogP contribution is 2.22. The van der Waals surface area contributed by atoms with E-state index in [-0.39, 0.29) is 45.2 Å². The lowest BCUT2D eigenvalue weighted by Gasteiger charge is -2.32. The Morgan fingerprint density at radius 2 is 1.37 bits per heavy atom. The molecule has 1 aromatic heterocycles. The predicted molar refractivity (Wildman–Crippen MR) is 322 cm³/mol. The molecule has 0 radical (unpaired) electrons. The first-order valence-corrected chi connectivity index (χ1v) is 31.1. The van der Waals surface area contributed by atoms with Crippen LogP contribution in [-0.4, -0.2) is 202 Å². The molecule has 0 saturated carbocycles. The lowest BCUT2D eigenvalue weighted by atomic mass is 9.96. The number of hydrogen-bond acceptors (Lipinski definition) is 18. The Labute approximate surface area is 520 Å². The van der Waals surface area contributed by atoms with Gasteiger partial charge in [-0.1, -0.05) is 40.5 Å². The minimum absolute atomic E-state index is 0.00279. The van der Waals surface area contributed by atoms with Crippen molar-refractivity contribution in [1.82, 2.24) is 73.4 Å². The molecule has 20 N–H and O–H groups in total.